The molecule has 0 saturated carbocycles. The zero-order valence-corrected chi connectivity index (χ0v) is 13.9. The van der Waals surface area contributed by atoms with Gasteiger partial charge in [-0.3, -0.25) is 4.79 Å². The monoisotopic (exact) mass is 338 g/mol. The molecule has 1 aromatic carbocycles. The molecule has 1 heterocycles. The number of methoxy groups -OCH3 is 1. The van der Waals surface area contributed by atoms with E-state index in [1.54, 1.807) is 12.1 Å². The normalized spacial score (nSPS) is 17.5. The molecule has 6 nitrogen and oxygen atoms in total. The van der Waals surface area contributed by atoms with Crippen LogP contribution in [0.25, 0.3) is 0 Å². The molecule has 0 spiro atoms. The summed E-state index contributed by atoms with van der Waals surface area (Å²) in [5.41, 5.74) is 0.359. The van der Waals surface area contributed by atoms with Gasteiger partial charge in [-0.1, -0.05) is 18.5 Å². The second kappa shape index (κ2) is 8.04. The van der Waals surface area contributed by atoms with Crippen LogP contribution in [-0.4, -0.2) is 50.3 Å². The molecule has 1 aliphatic rings. The number of benzene rings is 1. The lowest BCUT2D eigenvalue weighted by Gasteiger charge is -2.31. The fourth-order valence-electron chi connectivity index (χ4n) is 2.31. The molecule has 0 aliphatic carbocycles. The summed E-state index contributed by atoms with van der Waals surface area (Å²) in [6.07, 6.45) is 0.831. The highest BCUT2D eigenvalue weighted by molar-refractivity contribution is 6.32. The summed E-state index contributed by atoms with van der Waals surface area (Å²) in [5.74, 6) is 0.546. The average molecular weight is 339 g/mol. The van der Waals surface area contributed by atoms with Crippen molar-refractivity contribution in [1.82, 2.24) is 4.90 Å². The molecule has 124 valence electrons. The molecule has 1 saturated heterocycles. The molecule has 0 aromatic heterocycles. The Bertz CT molecular complexity index is 615. The van der Waals surface area contributed by atoms with Crippen LogP contribution in [0.1, 0.15) is 23.7 Å². The molecule has 0 radical (unpaired) electrons. The molecule has 1 aliphatic heterocycles. The Morgan fingerprint density at radius 1 is 1.57 bits per heavy atom. The molecule has 23 heavy (non-hydrogen) atoms. The average Bonchev–Trinajstić information content (AvgIpc) is 2.59. The third-order valence-corrected chi connectivity index (χ3v) is 3.75. The Kier molecular flexibility index (Phi) is 6.08. The molecule has 2 rings (SSSR count). The van der Waals surface area contributed by atoms with Gasteiger partial charge < -0.3 is 19.1 Å². The Morgan fingerprint density at radius 2 is 2.35 bits per heavy atom. The second-order valence-electron chi connectivity index (χ2n) is 5.06. The number of hydrogen-bond acceptors (Lipinski definition) is 5. The van der Waals surface area contributed by atoms with Crippen molar-refractivity contribution < 1.29 is 19.0 Å². The van der Waals surface area contributed by atoms with Crippen molar-refractivity contribution in [2.75, 3.05) is 33.5 Å². The standard InChI is InChI=1S/C16H19ClN2O4/c1-3-5-23-15-13(17)7-11(8-14(15)21-2)16(20)19-4-6-22-10-12(19)9-18/h7-8,12H,3-6,10H2,1-2H3. The van der Waals surface area contributed by atoms with Crippen molar-refractivity contribution in [3.63, 3.8) is 0 Å². The highest BCUT2D eigenvalue weighted by atomic mass is 35.5. The molecular weight excluding hydrogens is 320 g/mol. The number of ether oxygens (including phenoxy) is 3. The zero-order chi connectivity index (χ0) is 16.8. The second-order valence-corrected chi connectivity index (χ2v) is 5.46. The summed E-state index contributed by atoms with van der Waals surface area (Å²) < 4.78 is 16.1. The zero-order valence-electron chi connectivity index (χ0n) is 13.2. The van der Waals surface area contributed by atoms with Gasteiger partial charge in [0.15, 0.2) is 11.5 Å². The summed E-state index contributed by atoms with van der Waals surface area (Å²) >= 11 is 6.24. The number of hydrogen-bond donors (Lipinski definition) is 0. The number of carbonyl (C=O) groups is 1. The maximum Gasteiger partial charge on any atom is 0.255 e. The van der Waals surface area contributed by atoms with Gasteiger partial charge in [-0.15, -0.1) is 0 Å². The first-order valence-corrected chi connectivity index (χ1v) is 7.78. The fraction of sp³-hybridized carbons (Fsp3) is 0.500. The third-order valence-electron chi connectivity index (χ3n) is 3.47. The summed E-state index contributed by atoms with van der Waals surface area (Å²) in [6, 6.07) is 4.61. The summed E-state index contributed by atoms with van der Waals surface area (Å²) in [6.45, 7) is 3.48. The lowest BCUT2D eigenvalue weighted by molar-refractivity contribution is 0.0132. The number of halogens is 1. The lowest BCUT2D eigenvalue weighted by atomic mass is 10.1. The van der Waals surface area contributed by atoms with E-state index in [-0.39, 0.29) is 12.5 Å². The van der Waals surface area contributed by atoms with Gasteiger partial charge in [0.05, 0.1) is 38.0 Å². The van der Waals surface area contributed by atoms with Crippen molar-refractivity contribution in [1.29, 1.82) is 5.26 Å². The highest BCUT2D eigenvalue weighted by Crippen LogP contribution is 2.37. The molecule has 1 fully saturated rings. The van der Waals surface area contributed by atoms with E-state index in [1.807, 2.05) is 6.92 Å². The molecule has 0 bridgehead atoms. The molecule has 0 N–H and O–H groups in total. The molecule has 1 unspecified atom stereocenters. The Labute approximate surface area is 140 Å². The van der Waals surface area contributed by atoms with Gasteiger partial charge in [-0.05, 0) is 18.6 Å². The SMILES string of the molecule is CCCOc1c(Cl)cc(C(=O)N2CCOCC2C#N)cc1OC. The Morgan fingerprint density at radius 3 is 3.00 bits per heavy atom. The van der Waals surface area contributed by atoms with Gasteiger partial charge in [-0.25, -0.2) is 0 Å². The van der Waals surface area contributed by atoms with Crippen LogP contribution in [0.5, 0.6) is 11.5 Å². The van der Waals surface area contributed by atoms with E-state index in [0.717, 1.165) is 6.42 Å². The fourth-order valence-corrected chi connectivity index (χ4v) is 2.57. The number of rotatable bonds is 5. The number of amides is 1. The van der Waals surface area contributed by atoms with Crippen molar-refractivity contribution in [2.24, 2.45) is 0 Å². The van der Waals surface area contributed by atoms with E-state index < -0.39 is 6.04 Å². The lowest BCUT2D eigenvalue weighted by Crippen LogP contribution is -2.48. The van der Waals surface area contributed by atoms with E-state index in [9.17, 15) is 4.79 Å². The minimum absolute atomic E-state index is 0.213. The highest BCUT2D eigenvalue weighted by Gasteiger charge is 2.29. The molecule has 7 heteroatoms. The van der Waals surface area contributed by atoms with Crippen molar-refractivity contribution in [3.05, 3.63) is 22.7 Å². The third kappa shape index (κ3) is 3.87. The van der Waals surface area contributed by atoms with Gasteiger partial charge >= 0.3 is 0 Å². The van der Waals surface area contributed by atoms with Gasteiger partial charge in [0.1, 0.15) is 6.04 Å². The number of morpholine rings is 1. The minimum Gasteiger partial charge on any atom is -0.493 e. The van der Waals surface area contributed by atoms with E-state index in [1.165, 1.54) is 12.0 Å². The van der Waals surface area contributed by atoms with Crippen LogP contribution >= 0.6 is 11.6 Å². The van der Waals surface area contributed by atoms with Crippen LogP contribution in [0.3, 0.4) is 0 Å². The summed E-state index contributed by atoms with van der Waals surface area (Å²) in [5, 5.41) is 9.47. The van der Waals surface area contributed by atoms with E-state index >= 15 is 0 Å². The van der Waals surface area contributed by atoms with Gasteiger partial charge in [-0.2, -0.15) is 5.26 Å². The van der Waals surface area contributed by atoms with Crippen LogP contribution < -0.4 is 9.47 Å². The van der Waals surface area contributed by atoms with E-state index in [0.29, 0.717) is 41.8 Å². The van der Waals surface area contributed by atoms with Gasteiger partial charge in [0.2, 0.25) is 0 Å². The van der Waals surface area contributed by atoms with Crippen LogP contribution in [0.15, 0.2) is 12.1 Å². The van der Waals surface area contributed by atoms with Crippen molar-refractivity contribution in [3.8, 4) is 17.6 Å². The topological polar surface area (TPSA) is 71.8 Å². The number of nitriles is 1. The largest absolute Gasteiger partial charge is 0.493 e. The predicted molar refractivity (Wildman–Crippen MR) is 85.0 cm³/mol. The first-order valence-electron chi connectivity index (χ1n) is 7.41. The van der Waals surface area contributed by atoms with Crippen molar-refractivity contribution in [2.45, 2.75) is 19.4 Å². The molecule has 1 atom stereocenters. The maximum absolute atomic E-state index is 12.7. The summed E-state index contributed by atoms with van der Waals surface area (Å²) in [4.78, 5) is 14.2. The van der Waals surface area contributed by atoms with Crippen LogP contribution in [-0.2, 0) is 4.74 Å². The van der Waals surface area contributed by atoms with Crippen LogP contribution in [0.2, 0.25) is 5.02 Å². The van der Waals surface area contributed by atoms with Gasteiger partial charge in [0, 0.05) is 12.1 Å². The van der Waals surface area contributed by atoms with Crippen LogP contribution in [0.4, 0.5) is 0 Å². The molecule has 1 amide bonds. The van der Waals surface area contributed by atoms with E-state index in [2.05, 4.69) is 6.07 Å². The van der Waals surface area contributed by atoms with Crippen molar-refractivity contribution >= 4 is 17.5 Å². The van der Waals surface area contributed by atoms with E-state index in [4.69, 9.17) is 31.1 Å². The number of carbonyl (C=O) groups excluding carboxylic acids is 1. The van der Waals surface area contributed by atoms with Gasteiger partial charge in [0.25, 0.3) is 5.91 Å². The first kappa shape index (κ1) is 17.4. The van der Waals surface area contributed by atoms with Crippen LogP contribution in [0, 0.1) is 11.3 Å². The summed E-state index contributed by atoms with van der Waals surface area (Å²) in [7, 11) is 1.49. The minimum atomic E-state index is -0.600. The Balaban J connectivity index is 2.30. The Hall–Kier alpha value is -1.97. The quantitative estimate of drug-likeness (QED) is 0.824. The maximum atomic E-state index is 12.7. The first-order chi connectivity index (χ1) is 11.1. The number of nitrogens with zero attached hydrogens (tertiary/aromatic N) is 2. The smallest absolute Gasteiger partial charge is 0.255 e. The molecule has 1 aromatic rings. The molecular formula is C16H19ClN2O4. The predicted octanol–water partition coefficient (Wildman–Crippen LogP) is 2.50.